The van der Waals surface area contributed by atoms with E-state index in [4.69, 9.17) is 14.2 Å². The van der Waals surface area contributed by atoms with E-state index in [0.29, 0.717) is 6.61 Å². The molecule has 1 fully saturated rings. The summed E-state index contributed by atoms with van der Waals surface area (Å²) in [6, 6.07) is 31.3. The third-order valence-corrected chi connectivity index (χ3v) is 6.55. The Balaban J connectivity index is 1.58. The second-order valence-corrected chi connectivity index (χ2v) is 9.14. The van der Waals surface area contributed by atoms with Gasteiger partial charge in [-0.15, -0.1) is 6.58 Å². The first-order chi connectivity index (χ1) is 16.0. The maximum absolute atomic E-state index is 7.00. The third-order valence-electron chi connectivity index (χ3n) is 6.55. The predicted octanol–water partition coefficient (Wildman–Crippen LogP) is 6.26. The molecule has 33 heavy (non-hydrogen) atoms. The van der Waals surface area contributed by atoms with Gasteiger partial charge in [-0.05, 0) is 36.1 Å². The first-order valence-electron chi connectivity index (χ1n) is 11.5. The van der Waals surface area contributed by atoms with Gasteiger partial charge in [0, 0.05) is 5.92 Å². The van der Waals surface area contributed by atoms with Crippen molar-refractivity contribution in [2.75, 3.05) is 6.61 Å². The van der Waals surface area contributed by atoms with Crippen LogP contribution in [0.2, 0.25) is 0 Å². The van der Waals surface area contributed by atoms with Crippen molar-refractivity contribution >= 4 is 0 Å². The smallest absolute Gasteiger partial charge is 0.164 e. The van der Waals surface area contributed by atoms with E-state index < -0.39 is 11.4 Å². The van der Waals surface area contributed by atoms with Crippen LogP contribution in [0.25, 0.3) is 0 Å². The van der Waals surface area contributed by atoms with E-state index >= 15 is 0 Å². The molecule has 3 aromatic carbocycles. The highest BCUT2D eigenvalue weighted by Crippen LogP contribution is 2.45. The summed E-state index contributed by atoms with van der Waals surface area (Å²) in [7, 11) is 0. The molecule has 168 valence electrons. The molecule has 1 aliphatic carbocycles. The van der Waals surface area contributed by atoms with Gasteiger partial charge in [0.2, 0.25) is 0 Å². The SMILES string of the molecule is C=CC1C=C(COC(c2ccccc2)(c2ccccc2)c2ccccc2)C2OC(C)(C)OC12. The van der Waals surface area contributed by atoms with Gasteiger partial charge in [0.1, 0.15) is 17.8 Å². The van der Waals surface area contributed by atoms with Crippen molar-refractivity contribution in [3.05, 3.63) is 132 Å². The lowest BCUT2D eigenvalue weighted by molar-refractivity contribution is -0.147. The number of benzene rings is 3. The van der Waals surface area contributed by atoms with Crippen molar-refractivity contribution in [3.63, 3.8) is 0 Å². The van der Waals surface area contributed by atoms with Gasteiger partial charge < -0.3 is 14.2 Å². The Kier molecular flexibility index (Phi) is 5.79. The second-order valence-electron chi connectivity index (χ2n) is 9.14. The van der Waals surface area contributed by atoms with Gasteiger partial charge in [-0.1, -0.05) is 103 Å². The fourth-order valence-electron chi connectivity index (χ4n) is 5.09. The molecular formula is C30H30O3. The van der Waals surface area contributed by atoms with E-state index in [1.807, 2.05) is 38.1 Å². The van der Waals surface area contributed by atoms with Crippen LogP contribution in [-0.4, -0.2) is 24.6 Å². The van der Waals surface area contributed by atoms with Crippen molar-refractivity contribution in [2.24, 2.45) is 5.92 Å². The largest absolute Gasteiger partial charge is 0.356 e. The maximum Gasteiger partial charge on any atom is 0.164 e. The van der Waals surface area contributed by atoms with E-state index in [1.165, 1.54) is 0 Å². The van der Waals surface area contributed by atoms with Gasteiger partial charge >= 0.3 is 0 Å². The number of rotatable bonds is 7. The van der Waals surface area contributed by atoms with Gasteiger partial charge in [0.15, 0.2) is 5.79 Å². The Morgan fingerprint density at radius 2 is 1.30 bits per heavy atom. The van der Waals surface area contributed by atoms with Gasteiger partial charge in [-0.3, -0.25) is 0 Å². The summed E-state index contributed by atoms with van der Waals surface area (Å²) in [6.45, 7) is 8.37. The Bertz CT molecular complexity index is 1020. The molecule has 0 bridgehead atoms. The third kappa shape index (κ3) is 3.97. The fourth-order valence-corrected chi connectivity index (χ4v) is 5.09. The zero-order chi connectivity index (χ0) is 22.9. The molecule has 3 unspecified atom stereocenters. The van der Waals surface area contributed by atoms with E-state index in [9.17, 15) is 0 Å². The Morgan fingerprint density at radius 3 is 1.76 bits per heavy atom. The minimum atomic E-state index is -0.763. The lowest BCUT2D eigenvalue weighted by Crippen LogP contribution is -2.35. The number of hydrogen-bond acceptors (Lipinski definition) is 3. The highest BCUT2D eigenvalue weighted by atomic mass is 16.8. The van der Waals surface area contributed by atoms with E-state index in [2.05, 4.69) is 85.5 Å². The molecule has 1 saturated heterocycles. The van der Waals surface area contributed by atoms with Crippen LogP contribution in [0.3, 0.4) is 0 Å². The van der Waals surface area contributed by atoms with Gasteiger partial charge in [0.05, 0.1) is 6.61 Å². The second kappa shape index (κ2) is 8.75. The van der Waals surface area contributed by atoms with Crippen LogP contribution in [0.1, 0.15) is 30.5 Å². The van der Waals surface area contributed by atoms with Crippen LogP contribution < -0.4 is 0 Å². The molecule has 0 saturated carbocycles. The molecule has 0 amide bonds. The zero-order valence-corrected chi connectivity index (χ0v) is 19.2. The highest BCUT2D eigenvalue weighted by molar-refractivity contribution is 5.47. The molecule has 0 aromatic heterocycles. The molecule has 2 aliphatic rings. The van der Waals surface area contributed by atoms with Crippen molar-refractivity contribution in [1.29, 1.82) is 0 Å². The first-order valence-corrected chi connectivity index (χ1v) is 11.5. The lowest BCUT2D eigenvalue weighted by Gasteiger charge is -2.36. The van der Waals surface area contributed by atoms with Crippen molar-refractivity contribution in [2.45, 2.75) is 37.4 Å². The standard InChI is InChI=1S/C30H30O3/c1-4-22-20-23(28-27(22)32-29(2,3)33-28)21-31-30(24-14-8-5-9-15-24,25-16-10-6-11-17-25)26-18-12-7-13-19-26/h4-20,22,27-28H,1,21H2,2-3H3. The summed E-state index contributed by atoms with van der Waals surface area (Å²) >= 11 is 0. The van der Waals surface area contributed by atoms with E-state index in [1.54, 1.807) is 0 Å². The molecule has 5 rings (SSSR count). The van der Waals surface area contributed by atoms with Crippen LogP contribution in [0.4, 0.5) is 0 Å². The molecule has 0 spiro atoms. The van der Waals surface area contributed by atoms with Crippen molar-refractivity contribution in [1.82, 2.24) is 0 Å². The molecule has 1 aliphatic heterocycles. The monoisotopic (exact) mass is 438 g/mol. The average Bonchev–Trinajstić information content (AvgIpc) is 3.34. The topological polar surface area (TPSA) is 27.7 Å². The molecule has 3 atom stereocenters. The van der Waals surface area contributed by atoms with Crippen LogP contribution in [0, 0.1) is 5.92 Å². The van der Waals surface area contributed by atoms with Crippen LogP contribution in [-0.2, 0) is 19.8 Å². The quantitative estimate of drug-likeness (QED) is 0.322. The summed E-state index contributed by atoms with van der Waals surface area (Å²) < 4.78 is 19.5. The maximum atomic E-state index is 7.00. The predicted molar refractivity (Wildman–Crippen MR) is 131 cm³/mol. The number of fused-ring (bicyclic) bond motifs is 1. The lowest BCUT2D eigenvalue weighted by atomic mass is 9.80. The molecule has 3 nitrogen and oxygen atoms in total. The molecule has 0 N–H and O–H groups in total. The Labute approximate surface area is 196 Å². The van der Waals surface area contributed by atoms with Crippen molar-refractivity contribution < 1.29 is 14.2 Å². The van der Waals surface area contributed by atoms with Crippen molar-refractivity contribution in [3.8, 4) is 0 Å². The van der Waals surface area contributed by atoms with Gasteiger partial charge in [-0.25, -0.2) is 0 Å². The Morgan fingerprint density at radius 1 is 0.818 bits per heavy atom. The van der Waals surface area contributed by atoms with E-state index in [0.717, 1.165) is 22.3 Å². The summed E-state index contributed by atoms with van der Waals surface area (Å²) in [5.74, 6) is -0.513. The van der Waals surface area contributed by atoms with E-state index in [-0.39, 0.29) is 18.1 Å². The average molecular weight is 439 g/mol. The molecule has 0 radical (unpaired) electrons. The van der Waals surface area contributed by atoms with Crippen LogP contribution in [0.15, 0.2) is 115 Å². The minimum Gasteiger partial charge on any atom is -0.356 e. The molecule has 3 aromatic rings. The number of ether oxygens (including phenoxy) is 3. The summed E-state index contributed by atoms with van der Waals surface area (Å²) in [4.78, 5) is 0. The molecular weight excluding hydrogens is 408 g/mol. The minimum absolute atomic E-state index is 0.0596. The zero-order valence-electron chi connectivity index (χ0n) is 19.2. The highest BCUT2D eigenvalue weighted by Gasteiger charge is 2.49. The van der Waals surface area contributed by atoms with Crippen LogP contribution >= 0.6 is 0 Å². The van der Waals surface area contributed by atoms with Crippen LogP contribution in [0.5, 0.6) is 0 Å². The molecule has 3 heteroatoms. The summed E-state index contributed by atoms with van der Waals surface area (Å²) in [5, 5.41) is 0. The normalized spacial score (nSPS) is 23.7. The fraction of sp³-hybridized carbons (Fsp3) is 0.267. The summed E-state index contributed by atoms with van der Waals surface area (Å²) in [6.07, 6.45) is 3.94. The van der Waals surface area contributed by atoms with Gasteiger partial charge in [0.25, 0.3) is 0 Å². The number of hydrogen-bond donors (Lipinski definition) is 0. The molecule has 1 heterocycles. The Hall–Kier alpha value is -2.98. The van der Waals surface area contributed by atoms with Gasteiger partial charge in [-0.2, -0.15) is 0 Å². The first kappa shape index (κ1) is 21.8. The summed E-state index contributed by atoms with van der Waals surface area (Å²) in [5.41, 5.74) is 3.59.